The number of aryl methyl sites for hydroxylation is 1. The molecule has 1 heterocycles. The van der Waals surface area contributed by atoms with E-state index < -0.39 is 0 Å². The highest BCUT2D eigenvalue weighted by molar-refractivity contribution is 5.96. The summed E-state index contributed by atoms with van der Waals surface area (Å²) in [5.41, 5.74) is 4.25. The third kappa shape index (κ3) is 2.96. The molecule has 4 heteroatoms. The highest BCUT2D eigenvalue weighted by atomic mass is 16.3. The van der Waals surface area contributed by atoms with Gasteiger partial charge in [-0.2, -0.15) is 5.10 Å². The van der Waals surface area contributed by atoms with Crippen LogP contribution in [0.1, 0.15) is 48.7 Å². The number of nitrogens with one attached hydrogen (secondary N) is 1. The maximum Gasteiger partial charge on any atom is 0.274 e. The summed E-state index contributed by atoms with van der Waals surface area (Å²) in [6.07, 6.45) is 5.92. The fourth-order valence-corrected chi connectivity index (χ4v) is 2.17. The maximum absolute atomic E-state index is 11.8. The minimum Gasteiger partial charge on any atom is -0.469 e. The van der Waals surface area contributed by atoms with Gasteiger partial charge in [0.05, 0.1) is 11.8 Å². The van der Waals surface area contributed by atoms with E-state index in [0.717, 1.165) is 18.6 Å². The largest absolute Gasteiger partial charge is 0.469 e. The molecule has 1 unspecified atom stereocenters. The van der Waals surface area contributed by atoms with Gasteiger partial charge in [0.1, 0.15) is 5.76 Å². The molecule has 1 saturated carbocycles. The molecule has 0 saturated heterocycles. The lowest BCUT2D eigenvalue weighted by Gasteiger charge is -2.18. The van der Waals surface area contributed by atoms with E-state index in [1.165, 1.54) is 19.1 Å². The standard InChI is InChI=1S/C13H18N2O2/c1-9-4-3-5-11(8-9)14-15-13(16)12-6-7-17-10(12)2/h6-7,9H,3-5,8H2,1-2H3,(H,15,16)/b14-11+. The van der Waals surface area contributed by atoms with E-state index >= 15 is 0 Å². The van der Waals surface area contributed by atoms with E-state index in [4.69, 9.17) is 4.42 Å². The Hall–Kier alpha value is -1.58. The molecule has 0 radical (unpaired) electrons. The zero-order valence-electron chi connectivity index (χ0n) is 10.3. The van der Waals surface area contributed by atoms with Crippen LogP contribution in [0.5, 0.6) is 0 Å². The van der Waals surface area contributed by atoms with Gasteiger partial charge in [0.15, 0.2) is 0 Å². The first-order valence-electron chi connectivity index (χ1n) is 6.06. The summed E-state index contributed by atoms with van der Waals surface area (Å²) in [5, 5.41) is 4.21. The predicted molar refractivity (Wildman–Crippen MR) is 66.0 cm³/mol. The third-order valence-electron chi connectivity index (χ3n) is 3.17. The van der Waals surface area contributed by atoms with Crippen LogP contribution in [0.4, 0.5) is 0 Å². The molecule has 0 spiro atoms. The molecule has 1 aromatic rings. The summed E-state index contributed by atoms with van der Waals surface area (Å²) in [7, 11) is 0. The van der Waals surface area contributed by atoms with Crippen LogP contribution in [0.2, 0.25) is 0 Å². The Bertz CT molecular complexity index is 434. The molecule has 1 fully saturated rings. The SMILES string of the molecule is Cc1occc1C(=O)N/N=C1\CCCC(C)C1. The second-order valence-corrected chi connectivity index (χ2v) is 4.71. The monoisotopic (exact) mass is 234 g/mol. The molecule has 1 aromatic heterocycles. The number of hydrazone groups is 1. The molecule has 0 aliphatic heterocycles. The number of carbonyl (C=O) groups excluding carboxylic acids is 1. The lowest BCUT2D eigenvalue weighted by molar-refractivity contribution is 0.0953. The molecule has 92 valence electrons. The van der Waals surface area contributed by atoms with Gasteiger partial charge in [0, 0.05) is 5.71 Å². The lowest BCUT2D eigenvalue weighted by Crippen LogP contribution is -2.22. The summed E-state index contributed by atoms with van der Waals surface area (Å²) in [5.74, 6) is 1.11. The van der Waals surface area contributed by atoms with E-state index in [1.54, 1.807) is 13.0 Å². The van der Waals surface area contributed by atoms with Gasteiger partial charge in [-0.3, -0.25) is 4.79 Å². The summed E-state index contributed by atoms with van der Waals surface area (Å²) in [6.45, 7) is 3.99. The van der Waals surface area contributed by atoms with Crippen molar-refractivity contribution in [2.24, 2.45) is 11.0 Å². The molecule has 0 bridgehead atoms. The van der Waals surface area contributed by atoms with Gasteiger partial charge in [-0.1, -0.05) is 6.92 Å². The second kappa shape index (κ2) is 5.17. The molecule has 17 heavy (non-hydrogen) atoms. The van der Waals surface area contributed by atoms with Crippen molar-refractivity contribution in [3.05, 3.63) is 23.7 Å². The molecule has 1 aliphatic rings. The Balaban J connectivity index is 1.96. The summed E-state index contributed by atoms with van der Waals surface area (Å²) in [4.78, 5) is 11.8. The van der Waals surface area contributed by atoms with E-state index in [0.29, 0.717) is 17.2 Å². The average Bonchev–Trinajstić information content (AvgIpc) is 2.72. The van der Waals surface area contributed by atoms with Gasteiger partial charge in [0.25, 0.3) is 5.91 Å². The number of carbonyl (C=O) groups is 1. The molecule has 1 aliphatic carbocycles. The molecule has 1 N–H and O–H groups in total. The van der Waals surface area contributed by atoms with Gasteiger partial charge in [-0.15, -0.1) is 0 Å². The third-order valence-corrected chi connectivity index (χ3v) is 3.17. The molecule has 1 atom stereocenters. The molecule has 1 amide bonds. The van der Waals surface area contributed by atoms with Crippen LogP contribution >= 0.6 is 0 Å². The quantitative estimate of drug-likeness (QED) is 0.800. The van der Waals surface area contributed by atoms with E-state index in [1.807, 2.05) is 0 Å². The van der Waals surface area contributed by atoms with Crippen molar-refractivity contribution < 1.29 is 9.21 Å². The Kier molecular flexibility index (Phi) is 3.61. The fourth-order valence-electron chi connectivity index (χ4n) is 2.17. The highest BCUT2D eigenvalue weighted by Crippen LogP contribution is 2.21. The number of furan rings is 1. The highest BCUT2D eigenvalue weighted by Gasteiger charge is 2.15. The Morgan fingerprint density at radius 1 is 1.59 bits per heavy atom. The van der Waals surface area contributed by atoms with Gasteiger partial charge < -0.3 is 4.42 Å². The zero-order chi connectivity index (χ0) is 12.3. The lowest BCUT2D eigenvalue weighted by atomic mass is 9.89. The zero-order valence-corrected chi connectivity index (χ0v) is 10.3. The first-order valence-corrected chi connectivity index (χ1v) is 6.06. The first kappa shape index (κ1) is 11.9. The number of nitrogens with zero attached hydrogens (tertiary/aromatic N) is 1. The topological polar surface area (TPSA) is 54.6 Å². The predicted octanol–water partition coefficient (Wildman–Crippen LogP) is 2.88. The van der Waals surface area contributed by atoms with Crippen molar-refractivity contribution in [1.82, 2.24) is 5.43 Å². The molecular formula is C13H18N2O2. The van der Waals surface area contributed by atoms with Crippen molar-refractivity contribution in [2.75, 3.05) is 0 Å². The minimum absolute atomic E-state index is 0.193. The average molecular weight is 234 g/mol. The number of hydrogen-bond acceptors (Lipinski definition) is 3. The number of amides is 1. The van der Waals surface area contributed by atoms with Crippen LogP contribution in [-0.4, -0.2) is 11.6 Å². The van der Waals surface area contributed by atoms with Crippen molar-refractivity contribution in [2.45, 2.75) is 39.5 Å². The van der Waals surface area contributed by atoms with E-state index in [2.05, 4.69) is 17.5 Å². The van der Waals surface area contributed by atoms with Crippen LogP contribution in [0.25, 0.3) is 0 Å². The Labute approximate surface area is 101 Å². The van der Waals surface area contributed by atoms with Crippen molar-refractivity contribution in [1.29, 1.82) is 0 Å². The minimum atomic E-state index is -0.193. The molecule has 2 rings (SSSR count). The van der Waals surface area contributed by atoms with Crippen LogP contribution in [0.3, 0.4) is 0 Å². The number of hydrogen-bond donors (Lipinski definition) is 1. The normalized spacial score (nSPS) is 22.7. The van der Waals surface area contributed by atoms with Crippen LogP contribution in [0, 0.1) is 12.8 Å². The van der Waals surface area contributed by atoms with Gasteiger partial charge in [-0.25, -0.2) is 5.43 Å². The smallest absolute Gasteiger partial charge is 0.274 e. The van der Waals surface area contributed by atoms with Crippen molar-refractivity contribution in [3.8, 4) is 0 Å². The molecule has 0 aromatic carbocycles. The Morgan fingerprint density at radius 3 is 3.06 bits per heavy atom. The van der Waals surface area contributed by atoms with Crippen molar-refractivity contribution in [3.63, 3.8) is 0 Å². The van der Waals surface area contributed by atoms with Gasteiger partial charge in [0.2, 0.25) is 0 Å². The summed E-state index contributed by atoms with van der Waals surface area (Å²) in [6, 6.07) is 1.66. The van der Waals surface area contributed by atoms with Crippen LogP contribution in [0.15, 0.2) is 21.8 Å². The Morgan fingerprint density at radius 2 is 2.41 bits per heavy atom. The second-order valence-electron chi connectivity index (χ2n) is 4.71. The molecular weight excluding hydrogens is 216 g/mol. The first-order chi connectivity index (χ1) is 8.16. The maximum atomic E-state index is 11.8. The van der Waals surface area contributed by atoms with Crippen LogP contribution < -0.4 is 5.43 Å². The van der Waals surface area contributed by atoms with Gasteiger partial charge in [-0.05, 0) is 44.6 Å². The van der Waals surface area contributed by atoms with Crippen LogP contribution in [-0.2, 0) is 0 Å². The number of rotatable bonds is 2. The van der Waals surface area contributed by atoms with Crippen molar-refractivity contribution >= 4 is 11.6 Å². The summed E-state index contributed by atoms with van der Waals surface area (Å²) < 4.78 is 5.09. The van der Waals surface area contributed by atoms with E-state index in [9.17, 15) is 4.79 Å². The fraction of sp³-hybridized carbons (Fsp3) is 0.538. The van der Waals surface area contributed by atoms with E-state index in [-0.39, 0.29) is 5.91 Å². The van der Waals surface area contributed by atoms with Gasteiger partial charge >= 0.3 is 0 Å². The summed E-state index contributed by atoms with van der Waals surface area (Å²) >= 11 is 0. The molecule has 4 nitrogen and oxygen atoms in total.